The van der Waals surface area contributed by atoms with Crippen LogP contribution in [0, 0.1) is 13.8 Å². The molecule has 0 bridgehead atoms. The molecule has 0 spiro atoms. The van der Waals surface area contributed by atoms with Gasteiger partial charge in [0.2, 0.25) is 0 Å². The summed E-state index contributed by atoms with van der Waals surface area (Å²) in [4.78, 5) is 14.0. The number of hydrogen-bond acceptors (Lipinski definition) is 5. The van der Waals surface area contributed by atoms with Crippen molar-refractivity contribution in [2.45, 2.75) is 13.8 Å². The van der Waals surface area contributed by atoms with Gasteiger partial charge in [0.25, 0.3) is 0 Å². The zero-order valence-electron chi connectivity index (χ0n) is 15.9. The van der Waals surface area contributed by atoms with Gasteiger partial charge in [-0.3, -0.25) is 0 Å². The highest BCUT2D eigenvalue weighted by molar-refractivity contribution is 5.60. The lowest BCUT2D eigenvalue weighted by molar-refractivity contribution is 0.646. The van der Waals surface area contributed by atoms with E-state index in [1.54, 1.807) is 0 Å². The molecule has 0 saturated carbocycles. The Morgan fingerprint density at radius 1 is 0.778 bits per heavy atom. The van der Waals surface area contributed by atoms with Crippen LogP contribution >= 0.6 is 0 Å². The van der Waals surface area contributed by atoms with Crippen LogP contribution in [0.2, 0.25) is 0 Å². The molecule has 5 nitrogen and oxygen atoms in total. The Balaban J connectivity index is 1.47. The summed E-state index contributed by atoms with van der Waals surface area (Å²) in [6, 6.07) is 21.0. The third kappa shape index (κ3) is 4.19. The largest absolute Gasteiger partial charge is 0.368 e. The molecule has 138 valence electrons. The van der Waals surface area contributed by atoms with Gasteiger partial charge in [-0.15, -0.1) is 0 Å². The first-order chi connectivity index (χ1) is 13.2. The molecule has 2 heterocycles. The summed E-state index contributed by atoms with van der Waals surface area (Å²) in [5, 5.41) is 3.41. The van der Waals surface area contributed by atoms with Crippen molar-refractivity contribution in [2.75, 3.05) is 41.3 Å². The van der Waals surface area contributed by atoms with E-state index in [-0.39, 0.29) is 0 Å². The van der Waals surface area contributed by atoms with E-state index in [9.17, 15) is 0 Å². The average Bonchev–Trinajstić information content (AvgIpc) is 2.68. The van der Waals surface area contributed by atoms with E-state index in [2.05, 4.69) is 86.6 Å². The number of aromatic nitrogens is 2. The van der Waals surface area contributed by atoms with Gasteiger partial charge in [0.1, 0.15) is 17.5 Å². The normalized spacial score (nSPS) is 14.3. The highest BCUT2D eigenvalue weighted by atomic mass is 15.3. The summed E-state index contributed by atoms with van der Waals surface area (Å²) >= 11 is 0. The summed E-state index contributed by atoms with van der Waals surface area (Å²) in [7, 11) is 0. The topological polar surface area (TPSA) is 44.3 Å². The van der Waals surface area contributed by atoms with Crippen LogP contribution in [0.5, 0.6) is 0 Å². The molecular weight excluding hydrogens is 334 g/mol. The minimum absolute atomic E-state index is 0.785. The van der Waals surface area contributed by atoms with Crippen LogP contribution < -0.4 is 15.1 Å². The average molecular weight is 359 g/mol. The van der Waals surface area contributed by atoms with E-state index < -0.39 is 0 Å². The molecule has 27 heavy (non-hydrogen) atoms. The van der Waals surface area contributed by atoms with Crippen molar-refractivity contribution in [1.29, 1.82) is 0 Å². The minimum Gasteiger partial charge on any atom is -0.368 e. The Hall–Kier alpha value is -3.08. The number of anilines is 4. The molecule has 0 radical (unpaired) electrons. The van der Waals surface area contributed by atoms with Crippen molar-refractivity contribution in [3.8, 4) is 0 Å². The fourth-order valence-electron chi connectivity index (χ4n) is 3.48. The first kappa shape index (κ1) is 17.3. The van der Waals surface area contributed by atoms with Crippen molar-refractivity contribution in [1.82, 2.24) is 9.97 Å². The molecule has 3 aromatic rings. The molecule has 4 rings (SSSR count). The van der Waals surface area contributed by atoms with Gasteiger partial charge in [0, 0.05) is 43.6 Å². The fourth-order valence-corrected chi connectivity index (χ4v) is 3.48. The van der Waals surface area contributed by atoms with Gasteiger partial charge in [0.05, 0.1) is 0 Å². The maximum Gasteiger partial charge on any atom is 0.136 e. The van der Waals surface area contributed by atoms with E-state index in [0.717, 1.165) is 49.3 Å². The molecule has 1 fully saturated rings. The fraction of sp³-hybridized carbons (Fsp3) is 0.273. The highest BCUT2D eigenvalue weighted by Crippen LogP contribution is 2.23. The van der Waals surface area contributed by atoms with Crippen molar-refractivity contribution in [3.63, 3.8) is 0 Å². The van der Waals surface area contributed by atoms with Crippen molar-refractivity contribution < 1.29 is 0 Å². The Bertz CT molecular complexity index is 902. The number of piperazine rings is 1. The molecule has 1 aliphatic heterocycles. The number of hydrogen-bond donors (Lipinski definition) is 1. The van der Waals surface area contributed by atoms with Gasteiger partial charge in [-0.2, -0.15) is 0 Å². The van der Waals surface area contributed by atoms with Crippen LogP contribution in [0.4, 0.5) is 23.0 Å². The Morgan fingerprint density at radius 2 is 1.52 bits per heavy atom. The second-order valence-corrected chi connectivity index (χ2v) is 6.96. The van der Waals surface area contributed by atoms with Gasteiger partial charge < -0.3 is 15.1 Å². The zero-order chi connectivity index (χ0) is 18.6. The SMILES string of the molecule is Cc1cccc(Nc2cc(N3CCN(c4ccccc4)CC3)nc(C)n2)c1. The Labute approximate surface area is 160 Å². The van der Waals surface area contributed by atoms with Crippen LogP contribution in [-0.2, 0) is 0 Å². The van der Waals surface area contributed by atoms with Crippen molar-refractivity contribution >= 4 is 23.0 Å². The summed E-state index contributed by atoms with van der Waals surface area (Å²) in [5.74, 6) is 2.62. The highest BCUT2D eigenvalue weighted by Gasteiger charge is 2.19. The molecule has 0 unspecified atom stereocenters. The predicted octanol–water partition coefficient (Wildman–Crippen LogP) is 4.16. The smallest absolute Gasteiger partial charge is 0.136 e. The number of benzene rings is 2. The quantitative estimate of drug-likeness (QED) is 0.758. The second-order valence-electron chi connectivity index (χ2n) is 6.96. The molecule has 5 heteroatoms. The van der Waals surface area contributed by atoms with Gasteiger partial charge in [0.15, 0.2) is 0 Å². The Kier molecular flexibility index (Phi) is 4.92. The first-order valence-electron chi connectivity index (χ1n) is 9.42. The molecule has 1 aromatic heterocycles. The summed E-state index contributed by atoms with van der Waals surface area (Å²) in [5.41, 5.74) is 3.56. The van der Waals surface area contributed by atoms with E-state index in [1.807, 2.05) is 13.0 Å². The molecule has 2 aromatic carbocycles. The van der Waals surface area contributed by atoms with E-state index in [1.165, 1.54) is 11.3 Å². The standard InChI is InChI=1S/C22H25N5/c1-17-7-6-8-19(15-17)25-21-16-22(24-18(2)23-21)27-13-11-26(12-14-27)20-9-4-3-5-10-20/h3-10,15-16H,11-14H2,1-2H3,(H,23,24,25). The predicted molar refractivity (Wildman–Crippen MR) is 112 cm³/mol. The molecule has 0 atom stereocenters. The number of nitrogens with one attached hydrogen (secondary N) is 1. The summed E-state index contributed by atoms with van der Waals surface area (Å²) in [6.45, 7) is 7.94. The number of rotatable bonds is 4. The minimum atomic E-state index is 0.785. The summed E-state index contributed by atoms with van der Waals surface area (Å²) < 4.78 is 0. The van der Waals surface area contributed by atoms with E-state index >= 15 is 0 Å². The van der Waals surface area contributed by atoms with Crippen LogP contribution in [0.15, 0.2) is 60.7 Å². The second kappa shape index (κ2) is 7.66. The summed E-state index contributed by atoms with van der Waals surface area (Å²) in [6.07, 6.45) is 0. The van der Waals surface area contributed by atoms with Gasteiger partial charge in [-0.25, -0.2) is 9.97 Å². The molecule has 1 N–H and O–H groups in total. The van der Waals surface area contributed by atoms with E-state index in [0.29, 0.717) is 0 Å². The van der Waals surface area contributed by atoms with E-state index in [4.69, 9.17) is 0 Å². The van der Waals surface area contributed by atoms with Gasteiger partial charge >= 0.3 is 0 Å². The lowest BCUT2D eigenvalue weighted by Crippen LogP contribution is -2.46. The molecule has 1 aliphatic rings. The van der Waals surface area contributed by atoms with Crippen LogP contribution in [-0.4, -0.2) is 36.1 Å². The van der Waals surface area contributed by atoms with Crippen LogP contribution in [0.3, 0.4) is 0 Å². The third-order valence-electron chi connectivity index (χ3n) is 4.84. The maximum atomic E-state index is 4.67. The van der Waals surface area contributed by atoms with Gasteiger partial charge in [-0.1, -0.05) is 30.3 Å². The van der Waals surface area contributed by atoms with Crippen molar-refractivity contribution in [2.24, 2.45) is 0 Å². The molecule has 1 saturated heterocycles. The third-order valence-corrected chi connectivity index (χ3v) is 4.84. The van der Waals surface area contributed by atoms with Crippen LogP contribution in [0.1, 0.15) is 11.4 Å². The lowest BCUT2D eigenvalue weighted by atomic mass is 10.2. The number of nitrogens with zero attached hydrogens (tertiary/aromatic N) is 4. The van der Waals surface area contributed by atoms with Gasteiger partial charge in [-0.05, 0) is 43.7 Å². The number of aryl methyl sites for hydroxylation is 2. The number of para-hydroxylation sites is 1. The first-order valence-corrected chi connectivity index (χ1v) is 9.42. The molecule has 0 amide bonds. The lowest BCUT2D eigenvalue weighted by Gasteiger charge is -2.36. The van der Waals surface area contributed by atoms with Crippen LogP contribution in [0.25, 0.3) is 0 Å². The molecular formula is C22H25N5. The van der Waals surface area contributed by atoms with Crippen molar-refractivity contribution in [3.05, 3.63) is 72.1 Å². The Morgan fingerprint density at radius 3 is 2.26 bits per heavy atom. The monoisotopic (exact) mass is 359 g/mol. The maximum absolute atomic E-state index is 4.67. The zero-order valence-corrected chi connectivity index (χ0v) is 15.9. The molecule has 0 aliphatic carbocycles.